The number of methoxy groups -OCH3 is 2. The second kappa shape index (κ2) is 8.36. The average molecular weight is 394 g/mol. The van der Waals surface area contributed by atoms with E-state index in [2.05, 4.69) is 4.98 Å². The van der Waals surface area contributed by atoms with Gasteiger partial charge in [0.1, 0.15) is 30.6 Å². The third-order valence-electron chi connectivity index (χ3n) is 4.83. The van der Waals surface area contributed by atoms with Crippen molar-refractivity contribution in [1.29, 1.82) is 0 Å². The van der Waals surface area contributed by atoms with Gasteiger partial charge in [-0.15, -0.1) is 0 Å². The summed E-state index contributed by atoms with van der Waals surface area (Å²) in [5, 5.41) is 1.01. The largest absolute Gasteiger partial charge is 0.493 e. The third kappa shape index (κ3) is 3.95. The lowest BCUT2D eigenvalue weighted by atomic mass is 10.2. The molecular weight excluding hydrogens is 372 g/mol. The first-order valence-corrected chi connectivity index (χ1v) is 9.30. The summed E-state index contributed by atoms with van der Waals surface area (Å²) in [4.78, 5) is 18.5. The molecular formula is C22H22N2O5. The van der Waals surface area contributed by atoms with Gasteiger partial charge in [-0.3, -0.25) is 9.78 Å². The van der Waals surface area contributed by atoms with Gasteiger partial charge in [-0.25, -0.2) is 0 Å². The molecule has 7 heteroatoms. The van der Waals surface area contributed by atoms with Crippen molar-refractivity contribution < 1.29 is 23.7 Å². The molecule has 1 amide bonds. The number of rotatable bonds is 6. The van der Waals surface area contributed by atoms with Gasteiger partial charge in [0, 0.05) is 23.3 Å². The van der Waals surface area contributed by atoms with Crippen LogP contribution in [0, 0.1) is 0 Å². The number of para-hydroxylation sites is 1. The molecule has 1 atom stereocenters. The minimum Gasteiger partial charge on any atom is -0.493 e. The molecule has 0 saturated carbocycles. The molecule has 1 aromatic heterocycles. The van der Waals surface area contributed by atoms with Crippen molar-refractivity contribution in [2.45, 2.75) is 6.10 Å². The number of ether oxygens (including phenoxy) is 4. The molecule has 0 radical (unpaired) electrons. The van der Waals surface area contributed by atoms with Crippen LogP contribution in [-0.2, 0) is 9.53 Å². The molecule has 1 aliphatic heterocycles. The second-order valence-corrected chi connectivity index (χ2v) is 6.62. The van der Waals surface area contributed by atoms with E-state index in [4.69, 9.17) is 18.9 Å². The molecule has 1 saturated heterocycles. The maximum atomic E-state index is 12.4. The topological polar surface area (TPSA) is 70.1 Å². The number of hydrogen-bond donors (Lipinski definition) is 0. The molecule has 0 unspecified atom stereocenters. The molecule has 7 nitrogen and oxygen atoms in total. The Kier molecular flexibility index (Phi) is 5.48. The summed E-state index contributed by atoms with van der Waals surface area (Å²) >= 11 is 0. The molecule has 2 aromatic carbocycles. The smallest absolute Gasteiger partial charge is 0.253 e. The Morgan fingerprint density at radius 1 is 1.07 bits per heavy atom. The molecule has 0 N–H and O–H groups in total. The van der Waals surface area contributed by atoms with Crippen LogP contribution in [0.15, 0.2) is 54.7 Å². The second-order valence-electron chi connectivity index (χ2n) is 6.62. The van der Waals surface area contributed by atoms with Crippen LogP contribution < -0.4 is 19.1 Å². The van der Waals surface area contributed by atoms with Crippen LogP contribution in [0.3, 0.4) is 0 Å². The first-order valence-electron chi connectivity index (χ1n) is 9.30. The minimum absolute atomic E-state index is 0.00381. The maximum absolute atomic E-state index is 12.4. The van der Waals surface area contributed by atoms with Gasteiger partial charge in [-0.2, -0.15) is 0 Å². The molecule has 1 aliphatic rings. The van der Waals surface area contributed by atoms with Crippen LogP contribution in [0.1, 0.15) is 0 Å². The fourth-order valence-electron chi connectivity index (χ4n) is 3.34. The molecule has 4 rings (SSSR count). The summed E-state index contributed by atoms with van der Waals surface area (Å²) in [6.07, 6.45) is 1.48. The van der Waals surface area contributed by atoms with Crippen molar-refractivity contribution in [3.8, 4) is 17.2 Å². The number of aromatic nitrogens is 1. The minimum atomic E-state index is -0.264. The van der Waals surface area contributed by atoms with Gasteiger partial charge in [0.2, 0.25) is 0 Å². The number of carbonyl (C=O) groups is 1. The van der Waals surface area contributed by atoms with E-state index in [9.17, 15) is 4.79 Å². The zero-order chi connectivity index (χ0) is 20.2. The number of fused-ring (bicyclic) bond motifs is 1. The van der Waals surface area contributed by atoms with Gasteiger partial charge >= 0.3 is 0 Å². The van der Waals surface area contributed by atoms with E-state index in [1.807, 2.05) is 36.4 Å². The van der Waals surface area contributed by atoms with Crippen LogP contribution >= 0.6 is 0 Å². The van der Waals surface area contributed by atoms with Crippen LogP contribution in [0.25, 0.3) is 10.9 Å². The summed E-state index contributed by atoms with van der Waals surface area (Å²) in [6, 6.07) is 15.1. The van der Waals surface area contributed by atoms with E-state index in [0.29, 0.717) is 30.4 Å². The lowest BCUT2D eigenvalue weighted by molar-refractivity contribution is -0.130. The Morgan fingerprint density at radius 3 is 2.72 bits per heavy atom. The lowest BCUT2D eigenvalue weighted by Gasteiger charge is -2.33. The Balaban J connectivity index is 1.48. The normalized spacial score (nSPS) is 16.7. The van der Waals surface area contributed by atoms with Gasteiger partial charge in [0.05, 0.1) is 20.8 Å². The highest BCUT2D eigenvalue weighted by Crippen LogP contribution is 2.32. The van der Waals surface area contributed by atoms with Gasteiger partial charge in [0.25, 0.3) is 5.91 Å². The Bertz CT molecular complexity index is 1020. The van der Waals surface area contributed by atoms with Crippen molar-refractivity contribution in [3.63, 3.8) is 0 Å². The fraction of sp³-hybridized carbons (Fsp3) is 0.273. The van der Waals surface area contributed by atoms with Crippen molar-refractivity contribution >= 4 is 22.5 Å². The Labute approximate surface area is 168 Å². The molecule has 0 bridgehead atoms. The summed E-state index contributed by atoms with van der Waals surface area (Å²) < 4.78 is 22.3. The zero-order valence-corrected chi connectivity index (χ0v) is 16.3. The molecule has 0 aliphatic carbocycles. The highest BCUT2D eigenvalue weighted by atomic mass is 16.5. The van der Waals surface area contributed by atoms with E-state index in [-0.39, 0.29) is 18.6 Å². The predicted octanol–water partition coefficient (Wildman–Crippen LogP) is 3.06. The molecule has 150 valence electrons. The number of anilines is 1. The Hall–Kier alpha value is -3.32. The molecule has 29 heavy (non-hydrogen) atoms. The predicted molar refractivity (Wildman–Crippen MR) is 109 cm³/mol. The SMILES string of the molecule is COc1ccc(N2C[C@@H](COc3cccc4cccnc34)OCC2=O)cc1OC. The highest BCUT2D eigenvalue weighted by Gasteiger charge is 2.28. The van der Waals surface area contributed by atoms with E-state index in [1.54, 1.807) is 37.4 Å². The third-order valence-corrected chi connectivity index (χ3v) is 4.83. The van der Waals surface area contributed by atoms with Crippen LogP contribution in [0.5, 0.6) is 17.2 Å². The van der Waals surface area contributed by atoms with E-state index in [1.165, 1.54) is 0 Å². The van der Waals surface area contributed by atoms with Crippen molar-refractivity contribution in [2.75, 3.05) is 38.9 Å². The van der Waals surface area contributed by atoms with Gasteiger partial charge in [0.15, 0.2) is 11.5 Å². The summed E-state index contributed by atoms with van der Waals surface area (Å²) in [6.45, 7) is 0.690. The number of pyridine rings is 1. The van der Waals surface area contributed by atoms with Gasteiger partial charge in [-0.05, 0) is 24.3 Å². The standard InChI is InChI=1S/C22H22N2O5/c1-26-18-9-8-16(11-20(18)27-2)24-12-17(28-14-21(24)25)13-29-19-7-3-5-15-6-4-10-23-22(15)19/h3-11,17H,12-14H2,1-2H3/t17-/m0/s1. The van der Waals surface area contributed by atoms with Gasteiger partial charge in [-0.1, -0.05) is 18.2 Å². The fourth-order valence-corrected chi connectivity index (χ4v) is 3.34. The first kappa shape index (κ1) is 19.0. The number of nitrogens with zero attached hydrogens (tertiary/aromatic N) is 2. The first-order chi connectivity index (χ1) is 14.2. The van der Waals surface area contributed by atoms with Crippen molar-refractivity contribution in [1.82, 2.24) is 4.98 Å². The van der Waals surface area contributed by atoms with Crippen LogP contribution in [0.2, 0.25) is 0 Å². The van der Waals surface area contributed by atoms with Crippen LogP contribution in [-0.4, -0.2) is 51.0 Å². The summed E-state index contributed by atoms with van der Waals surface area (Å²) in [5.41, 5.74) is 1.53. The molecule has 2 heterocycles. The maximum Gasteiger partial charge on any atom is 0.253 e. The van der Waals surface area contributed by atoms with E-state index < -0.39 is 0 Å². The number of morpholine rings is 1. The summed E-state index contributed by atoms with van der Waals surface area (Å²) in [5.74, 6) is 1.76. The lowest BCUT2D eigenvalue weighted by Crippen LogP contribution is -2.48. The quantitative estimate of drug-likeness (QED) is 0.640. The van der Waals surface area contributed by atoms with Crippen molar-refractivity contribution in [2.24, 2.45) is 0 Å². The van der Waals surface area contributed by atoms with Gasteiger partial charge < -0.3 is 23.8 Å². The number of hydrogen-bond acceptors (Lipinski definition) is 6. The number of carbonyl (C=O) groups excluding carboxylic acids is 1. The number of benzene rings is 2. The van der Waals surface area contributed by atoms with Crippen molar-refractivity contribution in [3.05, 3.63) is 54.7 Å². The zero-order valence-electron chi connectivity index (χ0n) is 16.3. The Morgan fingerprint density at radius 2 is 1.90 bits per heavy atom. The molecule has 3 aromatic rings. The molecule has 0 spiro atoms. The highest BCUT2D eigenvalue weighted by molar-refractivity contribution is 5.95. The number of amides is 1. The van der Waals surface area contributed by atoms with E-state index >= 15 is 0 Å². The summed E-state index contributed by atoms with van der Waals surface area (Å²) in [7, 11) is 3.14. The van der Waals surface area contributed by atoms with E-state index in [0.717, 1.165) is 16.6 Å². The average Bonchev–Trinajstić information content (AvgIpc) is 2.78. The molecule has 1 fully saturated rings. The van der Waals surface area contributed by atoms with Crippen LogP contribution in [0.4, 0.5) is 5.69 Å². The monoisotopic (exact) mass is 394 g/mol.